The highest BCUT2D eigenvalue weighted by molar-refractivity contribution is 6.53. The molecule has 0 aromatic rings. The maximum atomic E-state index is 8.27. The second kappa shape index (κ2) is 22.3. The molecule has 0 heterocycles. The van der Waals surface area contributed by atoms with E-state index in [0.29, 0.717) is 26.4 Å². The molecule has 10 heteroatoms. The third-order valence-corrected chi connectivity index (χ3v) is 6.72. The summed E-state index contributed by atoms with van der Waals surface area (Å²) in [6, 6.07) is 0. The highest BCUT2D eigenvalue weighted by Gasteiger charge is 2.45. The van der Waals surface area contributed by atoms with Crippen LogP contribution in [0, 0.1) is 0 Å². The molecule has 0 saturated heterocycles. The first-order valence-electron chi connectivity index (χ1n) is 11.7. The Balaban J connectivity index is 0. The standard InChI is InChI=1S/C16H36O4Si.C4H12O4Si/c1-5-9-13-17-21(18-14-10-6-2,19-15-11-7-3)20-16-12-8-4;1-2-3-4-8-9(5,6)7/h5-16H2,1-4H3;5-7H,2-4H2,1H3. The third kappa shape index (κ3) is 22.8. The van der Waals surface area contributed by atoms with E-state index >= 15 is 0 Å². The molecule has 0 aliphatic heterocycles. The van der Waals surface area contributed by atoms with Gasteiger partial charge in [-0.1, -0.05) is 66.7 Å². The molecule has 0 bridgehead atoms. The first-order valence-corrected chi connectivity index (χ1v) is 15.1. The van der Waals surface area contributed by atoms with Crippen molar-refractivity contribution in [3.63, 3.8) is 0 Å². The van der Waals surface area contributed by atoms with Crippen molar-refractivity contribution in [2.75, 3.05) is 33.0 Å². The second-order valence-corrected chi connectivity index (χ2v) is 10.7. The van der Waals surface area contributed by atoms with Gasteiger partial charge < -0.3 is 36.5 Å². The van der Waals surface area contributed by atoms with Crippen LogP contribution in [0.4, 0.5) is 0 Å². The highest BCUT2D eigenvalue weighted by atomic mass is 28.4. The molecule has 0 radical (unpaired) electrons. The molecule has 184 valence electrons. The van der Waals surface area contributed by atoms with Crippen LogP contribution in [-0.4, -0.2) is 65.5 Å². The minimum absolute atomic E-state index is 0.215. The van der Waals surface area contributed by atoms with E-state index in [4.69, 9.17) is 32.1 Å². The lowest BCUT2D eigenvalue weighted by Gasteiger charge is -2.28. The molecule has 8 nitrogen and oxygen atoms in total. The zero-order chi connectivity index (χ0) is 23.1. The van der Waals surface area contributed by atoms with Crippen molar-refractivity contribution < 1.29 is 36.5 Å². The monoisotopic (exact) mass is 472 g/mol. The summed E-state index contributed by atoms with van der Waals surface area (Å²) in [4.78, 5) is 24.8. The first kappa shape index (κ1) is 32.3. The fraction of sp³-hybridized carbons (Fsp3) is 1.00. The molecular formula is C20H48O8Si2. The smallest absolute Gasteiger partial charge is 0.368 e. The Labute approximate surface area is 186 Å². The molecular weight excluding hydrogens is 424 g/mol. The van der Waals surface area contributed by atoms with Crippen LogP contribution in [0.2, 0.25) is 0 Å². The van der Waals surface area contributed by atoms with Gasteiger partial charge in [-0.15, -0.1) is 0 Å². The highest BCUT2D eigenvalue weighted by Crippen LogP contribution is 2.16. The molecule has 0 aliphatic rings. The Morgan fingerprint density at radius 3 is 0.867 bits per heavy atom. The summed E-state index contributed by atoms with van der Waals surface area (Å²) >= 11 is 0. The molecule has 0 aromatic heterocycles. The maximum absolute atomic E-state index is 8.27. The van der Waals surface area contributed by atoms with Crippen LogP contribution in [0.3, 0.4) is 0 Å². The van der Waals surface area contributed by atoms with Gasteiger partial charge in [0, 0.05) is 33.0 Å². The first-order chi connectivity index (χ1) is 14.3. The van der Waals surface area contributed by atoms with Gasteiger partial charge in [-0.3, -0.25) is 0 Å². The van der Waals surface area contributed by atoms with Gasteiger partial charge in [0.15, 0.2) is 0 Å². The van der Waals surface area contributed by atoms with Crippen LogP contribution >= 0.6 is 0 Å². The quantitative estimate of drug-likeness (QED) is 0.181. The van der Waals surface area contributed by atoms with Gasteiger partial charge in [0.2, 0.25) is 0 Å². The predicted octanol–water partition coefficient (Wildman–Crippen LogP) is 3.90. The maximum Gasteiger partial charge on any atom is 0.679 e. The zero-order valence-corrected chi connectivity index (χ0v) is 22.0. The molecule has 0 fully saturated rings. The summed E-state index contributed by atoms with van der Waals surface area (Å²) in [6.45, 7) is 13.4. The topological polar surface area (TPSA) is 107 Å². The lowest BCUT2D eigenvalue weighted by molar-refractivity contribution is -0.0368. The van der Waals surface area contributed by atoms with Gasteiger partial charge in [0.05, 0.1) is 0 Å². The minimum atomic E-state index is -4.19. The van der Waals surface area contributed by atoms with Crippen LogP contribution < -0.4 is 0 Å². The fourth-order valence-electron chi connectivity index (χ4n) is 1.97. The van der Waals surface area contributed by atoms with Crippen molar-refractivity contribution in [1.29, 1.82) is 0 Å². The molecule has 3 N–H and O–H groups in total. The number of rotatable bonds is 20. The van der Waals surface area contributed by atoms with Gasteiger partial charge in [-0.25, -0.2) is 0 Å². The number of hydrogen-bond acceptors (Lipinski definition) is 8. The van der Waals surface area contributed by atoms with E-state index in [1.165, 1.54) is 0 Å². The summed E-state index contributed by atoms with van der Waals surface area (Å²) in [5.74, 6) is 0. The van der Waals surface area contributed by atoms with Crippen molar-refractivity contribution in [1.82, 2.24) is 0 Å². The van der Waals surface area contributed by atoms with E-state index in [1.54, 1.807) is 0 Å². The van der Waals surface area contributed by atoms with Crippen molar-refractivity contribution in [3.8, 4) is 0 Å². The molecule has 0 amide bonds. The van der Waals surface area contributed by atoms with Gasteiger partial charge in [0.1, 0.15) is 0 Å². The number of hydrogen-bond donors (Lipinski definition) is 3. The third-order valence-electron chi connectivity index (χ3n) is 3.90. The summed E-state index contributed by atoms with van der Waals surface area (Å²) in [5, 5.41) is 0. The van der Waals surface area contributed by atoms with Crippen LogP contribution in [0.1, 0.15) is 98.8 Å². The SMILES string of the molecule is CCCCO[Si](O)(O)O.CCCCO[Si](OCCCC)(OCCCC)OCCCC. The molecule has 0 aromatic carbocycles. The molecule has 0 unspecified atom stereocenters. The van der Waals surface area contributed by atoms with Crippen molar-refractivity contribution in [2.45, 2.75) is 98.8 Å². The molecule has 0 saturated carbocycles. The van der Waals surface area contributed by atoms with E-state index < -0.39 is 18.1 Å². The van der Waals surface area contributed by atoms with Gasteiger partial charge in [-0.05, 0) is 32.1 Å². The summed E-state index contributed by atoms with van der Waals surface area (Å²) in [7, 11) is -7.14. The second-order valence-electron chi connectivity index (χ2n) is 7.08. The largest absolute Gasteiger partial charge is 0.679 e. The van der Waals surface area contributed by atoms with E-state index in [2.05, 4.69) is 32.1 Å². The summed E-state index contributed by atoms with van der Waals surface area (Å²) < 4.78 is 28.2. The average molecular weight is 473 g/mol. The van der Waals surface area contributed by atoms with Crippen molar-refractivity contribution in [2.24, 2.45) is 0 Å². The molecule has 0 atom stereocenters. The Morgan fingerprint density at radius 2 is 0.667 bits per heavy atom. The zero-order valence-electron chi connectivity index (χ0n) is 20.0. The van der Waals surface area contributed by atoms with E-state index in [9.17, 15) is 0 Å². The molecule has 0 rings (SSSR count). The predicted molar refractivity (Wildman–Crippen MR) is 122 cm³/mol. The minimum Gasteiger partial charge on any atom is -0.368 e. The van der Waals surface area contributed by atoms with Gasteiger partial charge >= 0.3 is 18.1 Å². The normalized spacial score (nSPS) is 12.0. The van der Waals surface area contributed by atoms with Crippen LogP contribution in [0.25, 0.3) is 0 Å². The van der Waals surface area contributed by atoms with Crippen LogP contribution in [0.5, 0.6) is 0 Å². The fourth-order valence-corrected chi connectivity index (χ4v) is 4.47. The molecule has 0 aliphatic carbocycles. The Kier molecular flexibility index (Phi) is 24.0. The lowest BCUT2D eigenvalue weighted by atomic mass is 10.4. The van der Waals surface area contributed by atoms with E-state index in [1.807, 2.05) is 6.92 Å². The van der Waals surface area contributed by atoms with Gasteiger partial charge in [0.25, 0.3) is 0 Å². The van der Waals surface area contributed by atoms with Crippen molar-refractivity contribution in [3.05, 3.63) is 0 Å². The van der Waals surface area contributed by atoms with Crippen LogP contribution in [0.15, 0.2) is 0 Å². The van der Waals surface area contributed by atoms with Crippen LogP contribution in [-0.2, 0) is 22.1 Å². The Hall–Kier alpha value is 0.114. The summed E-state index contributed by atoms with van der Waals surface area (Å²) in [5.41, 5.74) is 0. The summed E-state index contributed by atoms with van der Waals surface area (Å²) in [6.07, 6.45) is 10.1. The lowest BCUT2D eigenvalue weighted by Crippen LogP contribution is -2.50. The molecule has 30 heavy (non-hydrogen) atoms. The molecule has 0 spiro atoms. The number of unbranched alkanes of at least 4 members (excludes halogenated alkanes) is 5. The average Bonchev–Trinajstić information content (AvgIpc) is 2.68. The van der Waals surface area contributed by atoms with Crippen molar-refractivity contribution >= 4 is 18.1 Å². The van der Waals surface area contributed by atoms with E-state index in [-0.39, 0.29) is 6.61 Å². The van der Waals surface area contributed by atoms with Gasteiger partial charge in [-0.2, -0.15) is 0 Å². The van der Waals surface area contributed by atoms with E-state index in [0.717, 1.165) is 64.2 Å². The Morgan fingerprint density at radius 1 is 0.433 bits per heavy atom. The Bertz CT molecular complexity index is 298.